The van der Waals surface area contributed by atoms with Crippen molar-refractivity contribution in [2.24, 2.45) is 0 Å². The largest absolute Gasteiger partial charge is 0.459 e. The Hall–Kier alpha value is -4.21. The molecule has 0 saturated heterocycles. The zero-order valence-electron chi connectivity index (χ0n) is 20.7. The van der Waals surface area contributed by atoms with Crippen LogP contribution in [0.15, 0.2) is 66.9 Å². The third-order valence-corrected chi connectivity index (χ3v) is 5.95. The first-order chi connectivity index (χ1) is 19.0. The van der Waals surface area contributed by atoms with E-state index in [9.17, 15) is 30.7 Å². The fourth-order valence-electron chi connectivity index (χ4n) is 4.22. The molecule has 4 aromatic rings. The van der Waals surface area contributed by atoms with Gasteiger partial charge in [-0.15, -0.1) is 0 Å². The van der Waals surface area contributed by atoms with Gasteiger partial charge in [0.05, 0.1) is 17.4 Å². The second kappa shape index (κ2) is 11.9. The molecule has 0 radical (unpaired) electrons. The van der Waals surface area contributed by atoms with E-state index < -0.39 is 75.1 Å². The molecule has 10 heteroatoms. The van der Waals surface area contributed by atoms with Crippen molar-refractivity contribution in [2.45, 2.75) is 26.2 Å². The fraction of sp³-hybridized carbons (Fsp3) is 0.133. The standard InChI is InChI=1S/C30H19F9O/c1-2-3-15-4-5-19(20(31)8-15)16-9-21(32)28(22(33)10-16)17-11-23(34)29(24(35)12-17)18-13-25(36)30(26(37)14-18)40-7-6-27(38)39/h4-14,27H,2-3H2,1H3/b7-6+. The van der Waals surface area contributed by atoms with Crippen LogP contribution in [0.4, 0.5) is 39.5 Å². The van der Waals surface area contributed by atoms with Gasteiger partial charge in [0.25, 0.3) is 6.43 Å². The van der Waals surface area contributed by atoms with Crippen molar-refractivity contribution in [2.75, 3.05) is 0 Å². The Kier molecular flexibility index (Phi) is 8.56. The van der Waals surface area contributed by atoms with Crippen molar-refractivity contribution in [3.8, 4) is 39.1 Å². The maximum atomic E-state index is 15.0. The monoisotopic (exact) mass is 566 g/mol. The summed E-state index contributed by atoms with van der Waals surface area (Å²) in [5.41, 5.74) is -2.40. The first-order valence-corrected chi connectivity index (χ1v) is 11.9. The number of alkyl halides is 2. The smallest absolute Gasteiger partial charge is 0.260 e. The molecule has 0 amide bonds. The van der Waals surface area contributed by atoms with E-state index in [2.05, 4.69) is 4.74 Å². The van der Waals surface area contributed by atoms with Gasteiger partial charge >= 0.3 is 0 Å². The molecule has 0 unspecified atom stereocenters. The third-order valence-electron chi connectivity index (χ3n) is 5.95. The summed E-state index contributed by atoms with van der Waals surface area (Å²) in [6, 6.07) is 8.08. The van der Waals surface area contributed by atoms with E-state index in [4.69, 9.17) is 0 Å². The minimum Gasteiger partial charge on any atom is -0.459 e. The molecule has 1 nitrogen and oxygen atoms in total. The molecule has 0 aliphatic carbocycles. The highest BCUT2D eigenvalue weighted by atomic mass is 19.3. The first-order valence-electron chi connectivity index (χ1n) is 11.9. The molecule has 0 bridgehead atoms. The van der Waals surface area contributed by atoms with Gasteiger partial charge in [-0.3, -0.25) is 0 Å². The summed E-state index contributed by atoms with van der Waals surface area (Å²) >= 11 is 0. The van der Waals surface area contributed by atoms with E-state index >= 15 is 8.78 Å². The van der Waals surface area contributed by atoms with Crippen LogP contribution in [0.25, 0.3) is 33.4 Å². The quantitative estimate of drug-likeness (QED) is 0.152. The maximum Gasteiger partial charge on any atom is 0.260 e. The summed E-state index contributed by atoms with van der Waals surface area (Å²) in [7, 11) is 0. The summed E-state index contributed by atoms with van der Waals surface area (Å²) < 4.78 is 132. The van der Waals surface area contributed by atoms with Crippen LogP contribution in [0.5, 0.6) is 5.75 Å². The lowest BCUT2D eigenvalue weighted by molar-refractivity contribution is 0.200. The summed E-state index contributed by atoms with van der Waals surface area (Å²) in [6.45, 7) is 1.91. The summed E-state index contributed by atoms with van der Waals surface area (Å²) in [4.78, 5) is 0. The number of halogens is 9. The highest BCUT2D eigenvalue weighted by molar-refractivity contribution is 5.75. The Bertz CT molecular complexity index is 1530. The van der Waals surface area contributed by atoms with E-state index in [1.54, 1.807) is 6.07 Å². The first kappa shape index (κ1) is 28.8. The molecule has 0 aliphatic rings. The van der Waals surface area contributed by atoms with Gasteiger partial charge in [0.15, 0.2) is 17.4 Å². The number of hydrogen-bond donors (Lipinski definition) is 0. The average molecular weight is 566 g/mol. The normalized spacial score (nSPS) is 11.6. The Morgan fingerprint density at radius 3 is 1.55 bits per heavy atom. The lowest BCUT2D eigenvalue weighted by Crippen LogP contribution is -1.99. The summed E-state index contributed by atoms with van der Waals surface area (Å²) in [5, 5.41) is 0. The van der Waals surface area contributed by atoms with E-state index in [-0.39, 0.29) is 17.2 Å². The molecule has 208 valence electrons. The maximum absolute atomic E-state index is 15.0. The molecular formula is C30H19F9O. The van der Waals surface area contributed by atoms with E-state index in [0.717, 1.165) is 18.6 Å². The predicted molar refractivity (Wildman–Crippen MR) is 132 cm³/mol. The molecule has 40 heavy (non-hydrogen) atoms. The molecule has 0 N–H and O–H groups in total. The Balaban J connectivity index is 1.70. The number of aryl methyl sites for hydroxylation is 1. The van der Waals surface area contributed by atoms with Gasteiger partial charge < -0.3 is 4.74 Å². The number of ether oxygens (including phenoxy) is 1. The lowest BCUT2D eigenvalue weighted by atomic mass is 9.95. The van der Waals surface area contributed by atoms with Crippen molar-refractivity contribution >= 4 is 0 Å². The van der Waals surface area contributed by atoms with Gasteiger partial charge in [0.2, 0.25) is 0 Å². The Labute approximate surface area is 223 Å². The van der Waals surface area contributed by atoms with Crippen molar-refractivity contribution in [1.29, 1.82) is 0 Å². The van der Waals surface area contributed by atoms with Crippen molar-refractivity contribution in [3.63, 3.8) is 0 Å². The lowest BCUT2D eigenvalue weighted by Gasteiger charge is -2.13. The van der Waals surface area contributed by atoms with Gasteiger partial charge in [-0.05, 0) is 71.1 Å². The predicted octanol–water partition coefficient (Wildman–Crippen LogP) is 9.77. The second-order valence-electron chi connectivity index (χ2n) is 8.74. The fourth-order valence-corrected chi connectivity index (χ4v) is 4.22. The van der Waals surface area contributed by atoms with Gasteiger partial charge in [0, 0.05) is 11.6 Å². The van der Waals surface area contributed by atoms with Crippen LogP contribution < -0.4 is 4.74 Å². The zero-order valence-corrected chi connectivity index (χ0v) is 20.7. The van der Waals surface area contributed by atoms with E-state index in [1.807, 2.05) is 6.92 Å². The number of rotatable bonds is 8. The van der Waals surface area contributed by atoms with Crippen molar-refractivity contribution in [3.05, 3.63) is 113 Å². The molecular weight excluding hydrogens is 547 g/mol. The SMILES string of the molecule is CCCc1ccc(-c2cc(F)c(-c3cc(F)c(-c4cc(F)c(O/C=C/C(F)F)c(F)c4)c(F)c3)c(F)c2)c(F)c1. The van der Waals surface area contributed by atoms with Crippen LogP contribution in [0.2, 0.25) is 0 Å². The highest BCUT2D eigenvalue weighted by Gasteiger charge is 2.22. The minimum absolute atomic E-state index is 0.0712. The van der Waals surface area contributed by atoms with Crippen molar-refractivity contribution < 1.29 is 44.3 Å². The summed E-state index contributed by atoms with van der Waals surface area (Å²) in [5.74, 6) is -9.93. The molecule has 0 aromatic heterocycles. The Morgan fingerprint density at radius 2 is 1.10 bits per heavy atom. The van der Waals surface area contributed by atoms with Crippen molar-refractivity contribution in [1.82, 2.24) is 0 Å². The summed E-state index contributed by atoms with van der Waals surface area (Å²) in [6.07, 6.45) is -0.993. The van der Waals surface area contributed by atoms with Crippen LogP contribution in [0, 0.1) is 40.7 Å². The zero-order chi connectivity index (χ0) is 29.1. The number of hydrogen-bond acceptors (Lipinski definition) is 1. The van der Waals surface area contributed by atoms with Gasteiger partial charge in [-0.2, -0.15) is 0 Å². The third kappa shape index (κ3) is 6.00. The molecule has 4 rings (SSSR count). The van der Waals surface area contributed by atoms with Gasteiger partial charge in [0.1, 0.15) is 29.1 Å². The average Bonchev–Trinajstić information content (AvgIpc) is 2.85. The van der Waals surface area contributed by atoms with Crippen LogP contribution in [0.3, 0.4) is 0 Å². The molecule has 0 aliphatic heterocycles. The number of benzene rings is 4. The van der Waals surface area contributed by atoms with Crippen LogP contribution >= 0.6 is 0 Å². The Morgan fingerprint density at radius 1 is 0.625 bits per heavy atom. The van der Waals surface area contributed by atoms with Crippen LogP contribution in [0.1, 0.15) is 18.9 Å². The molecule has 0 heterocycles. The second-order valence-corrected chi connectivity index (χ2v) is 8.74. The van der Waals surface area contributed by atoms with E-state index in [0.29, 0.717) is 42.5 Å². The highest BCUT2D eigenvalue weighted by Crippen LogP contribution is 2.37. The van der Waals surface area contributed by atoms with Crippen LogP contribution in [-0.2, 0) is 6.42 Å². The molecule has 0 saturated carbocycles. The minimum atomic E-state index is -2.95. The molecule has 4 aromatic carbocycles. The molecule has 0 fully saturated rings. The number of allylic oxidation sites excluding steroid dienone is 1. The topological polar surface area (TPSA) is 9.23 Å². The van der Waals surface area contributed by atoms with E-state index in [1.165, 1.54) is 12.1 Å². The van der Waals surface area contributed by atoms with Crippen LogP contribution in [-0.4, -0.2) is 6.43 Å². The van der Waals surface area contributed by atoms with Gasteiger partial charge in [-0.25, -0.2) is 39.5 Å². The molecule has 0 spiro atoms. The van der Waals surface area contributed by atoms with Gasteiger partial charge in [-0.1, -0.05) is 25.5 Å². The molecule has 0 atom stereocenters.